The van der Waals surface area contributed by atoms with Crippen molar-refractivity contribution in [2.75, 3.05) is 25.0 Å². The summed E-state index contributed by atoms with van der Waals surface area (Å²) in [6, 6.07) is 6.21. The first-order valence-corrected chi connectivity index (χ1v) is 14.6. The van der Waals surface area contributed by atoms with Gasteiger partial charge in [0.1, 0.15) is 23.3 Å². The molecule has 5 N–H and O–H groups in total. The minimum absolute atomic E-state index is 0.0500. The highest BCUT2D eigenvalue weighted by atomic mass is 79.9. The molecule has 1 amide bonds. The maximum atomic E-state index is 12.7. The van der Waals surface area contributed by atoms with Gasteiger partial charge in [0.25, 0.3) is 0 Å². The van der Waals surface area contributed by atoms with Gasteiger partial charge >= 0.3 is 5.97 Å². The highest BCUT2D eigenvalue weighted by Gasteiger charge is 2.26. The molecule has 0 saturated carbocycles. The number of fused-ring (bicyclic) bond motifs is 1. The van der Waals surface area contributed by atoms with E-state index < -0.39 is 22.0 Å². The van der Waals surface area contributed by atoms with Gasteiger partial charge < -0.3 is 20.3 Å². The number of aliphatic imine (C=N–C) groups is 1. The van der Waals surface area contributed by atoms with Gasteiger partial charge in [0.05, 0.1) is 10.3 Å². The van der Waals surface area contributed by atoms with Gasteiger partial charge in [-0.05, 0) is 50.1 Å². The summed E-state index contributed by atoms with van der Waals surface area (Å²) in [4.78, 5) is 37.2. The number of anilines is 1. The molecule has 0 bridgehead atoms. The van der Waals surface area contributed by atoms with Crippen molar-refractivity contribution in [3.63, 3.8) is 0 Å². The molecule has 0 unspecified atom stereocenters. The van der Waals surface area contributed by atoms with Crippen molar-refractivity contribution in [3.05, 3.63) is 46.8 Å². The quantitative estimate of drug-likeness (QED) is 0.213. The first-order valence-electron chi connectivity index (χ1n) is 12.3. The van der Waals surface area contributed by atoms with Gasteiger partial charge in [-0.2, -0.15) is 4.72 Å². The average Bonchev–Trinajstić information content (AvgIpc) is 3.29. The van der Waals surface area contributed by atoms with Gasteiger partial charge in [-0.1, -0.05) is 15.9 Å². The molecule has 4 rings (SSSR count). The summed E-state index contributed by atoms with van der Waals surface area (Å²) in [5, 5.41) is 19.1. The molecule has 0 saturated heterocycles. The number of hydrogen-bond acceptors (Lipinski definition) is 9. The molecule has 15 heteroatoms. The van der Waals surface area contributed by atoms with Crippen LogP contribution < -0.4 is 20.7 Å². The third-order valence-electron chi connectivity index (χ3n) is 5.88. The van der Waals surface area contributed by atoms with Crippen LogP contribution in [0.3, 0.4) is 0 Å². The molecule has 3 aromatic rings. The molecule has 0 aliphatic carbocycles. The summed E-state index contributed by atoms with van der Waals surface area (Å²) in [7, 11) is -4.07. The predicted octanol–water partition coefficient (Wildman–Crippen LogP) is 1.59. The van der Waals surface area contributed by atoms with E-state index >= 15 is 0 Å². The molecule has 39 heavy (non-hydrogen) atoms. The molecule has 3 heterocycles. The van der Waals surface area contributed by atoms with Crippen molar-refractivity contribution in [2.24, 2.45) is 4.99 Å². The third-order valence-corrected chi connectivity index (χ3v) is 7.90. The van der Waals surface area contributed by atoms with Crippen LogP contribution in [0.4, 0.5) is 5.82 Å². The van der Waals surface area contributed by atoms with Crippen LogP contribution in [0.2, 0.25) is 0 Å². The second kappa shape index (κ2) is 12.5. The smallest absolute Gasteiger partial charge is 0.323 e. The van der Waals surface area contributed by atoms with Crippen LogP contribution in [0.25, 0.3) is 11.0 Å². The van der Waals surface area contributed by atoms with E-state index in [2.05, 4.69) is 51.6 Å². The number of aryl methyl sites for hydroxylation is 2. The second-order valence-corrected chi connectivity index (χ2v) is 11.5. The number of benzene rings is 1. The number of amides is 1. The SMILES string of the molecule is Cc1nc(NC[C@H](NS(=O)(=O)c2ccc(Br)cc2)C(=O)O)c2ccn(CCCC(=O)NC3=NCCCN3)c2n1. The van der Waals surface area contributed by atoms with E-state index in [0.717, 1.165) is 13.0 Å². The van der Waals surface area contributed by atoms with Crippen LogP contribution in [0.5, 0.6) is 0 Å². The number of rotatable bonds is 11. The van der Waals surface area contributed by atoms with E-state index in [9.17, 15) is 23.1 Å². The van der Waals surface area contributed by atoms with E-state index in [1.165, 1.54) is 12.1 Å². The molecular weight excluding hydrogens is 592 g/mol. The summed E-state index contributed by atoms with van der Waals surface area (Å²) in [6.45, 7) is 3.46. The molecule has 0 fully saturated rings. The fourth-order valence-corrected chi connectivity index (χ4v) is 5.41. The highest BCUT2D eigenvalue weighted by molar-refractivity contribution is 9.10. The van der Waals surface area contributed by atoms with Crippen molar-refractivity contribution in [1.82, 2.24) is 29.9 Å². The lowest BCUT2D eigenvalue weighted by atomic mass is 10.3. The number of carboxylic acids is 1. The molecule has 208 valence electrons. The first-order chi connectivity index (χ1) is 18.6. The van der Waals surface area contributed by atoms with Crippen molar-refractivity contribution in [1.29, 1.82) is 0 Å². The summed E-state index contributed by atoms with van der Waals surface area (Å²) in [5.41, 5.74) is 0.617. The first kappa shape index (κ1) is 28.4. The average molecular weight is 622 g/mol. The lowest BCUT2D eigenvalue weighted by Gasteiger charge is -2.17. The number of carbonyl (C=O) groups excluding carboxylic acids is 1. The zero-order valence-electron chi connectivity index (χ0n) is 21.1. The predicted molar refractivity (Wildman–Crippen MR) is 149 cm³/mol. The van der Waals surface area contributed by atoms with E-state index in [4.69, 9.17) is 0 Å². The van der Waals surface area contributed by atoms with Gasteiger partial charge in [-0.25, -0.2) is 18.4 Å². The van der Waals surface area contributed by atoms with E-state index in [1.807, 2.05) is 10.8 Å². The zero-order chi connectivity index (χ0) is 28.0. The Labute approximate surface area is 233 Å². The van der Waals surface area contributed by atoms with Crippen LogP contribution in [0.15, 0.2) is 50.9 Å². The molecule has 1 aliphatic rings. The van der Waals surface area contributed by atoms with E-state index in [1.54, 1.807) is 25.1 Å². The number of aromatic nitrogens is 3. The van der Waals surface area contributed by atoms with E-state index in [0.29, 0.717) is 59.0 Å². The Morgan fingerprint density at radius 2 is 1.97 bits per heavy atom. The normalized spacial score (nSPS) is 14.4. The molecule has 13 nitrogen and oxygen atoms in total. The van der Waals surface area contributed by atoms with Crippen molar-refractivity contribution in [3.8, 4) is 0 Å². The number of halogens is 1. The van der Waals surface area contributed by atoms with E-state index in [-0.39, 0.29) is 17.3 Å². The summed E-state index contributed by atoms with van der Waals surface area (Å²) < 4.78 is 30.2. The Morgan fingerprint density at radius 3 is 2.67 bits per heavy atom. The number of carboxylic acid groups (broad SMARTS) is 1. The van der Waals surface area contributed by atoms with Crippen molar-refractivity contribution < 1.29 is 23.1 Å². The molecule has 1 aromatic carbocycles. The molecule has 1 aliphatic heterocycles. The number of sulfonamides is 1. The van der Waals surface area contributed by atoms with Crippen LogP contribution in [-0.2, 0) is 26.2 Å². The Morgan fingerprint density at radius 1 is 1.21 bits per heavy atom. The Hall–Kier alpha value is -3.56. The Bertz CT molecular complexity index is 1490. The largest absolute Gasteiger partial charge is 0.480 e. The summed E-state index contributed by atoms with van der Waals surface area (Å²) in [6.07, 6.45) is 3.62. The van der Waals surface area contributed by atoms with Crippen molar-refractivity contribution in [2.45, 2.75) is 43.7 Å². The lowest BCUT2D eigenvalue weighted by molar-refractivity contribution is -0.138. The number of nitrogens with zero attached hydrogens (tertiary/aromatic N) is 4. The van der Waals surface area contributed by atoms with Crippen molar-refractivity contribution >= 4 is 60.6 Å². The monoisotopic (exact) mass is 620 g/mol. The standard InChI is InChI=1S/C24H29BrN8O5S/c1-15-29-21(28-14-19(23(35)36)32-39(37,38)17-7-5-16(25)6-8-17)18-9-13-33(22(18)30-15)12-2-4-20(34)31-24-26-10-3-11-27-24/h5-9,13,19,32H,2-4,10-12,14H2,1H3,(H,35,36)(H,28,29,30)(H2,26,27,31,34)/t19-/m0/s1. The number of aliphatic carboxylic acids is 1. The Balaban J connectivity index is 1.40. The topological polar surface area (TPSA) is 180 Å². The number of guanidine groups is 1. The van der Waals surface area contributed by atoms with Gasteiger partial charge in [-0.15, -0.1) is 0 Å². The minimum Gasteiger partial charge on any atom is -0.480 e. The fraction of sp³-hybridized carbons (Fsp3) is 0.375. The van der Waals surface area contributed by atoms with Crippen LogP contribution in [0, 0.1) is 6.92 Å². The van der Waals surface area contributed by atoms with Crippen LogP contribution in [-0.4, -0.2) is 71.6 Å². The second-order valence-electron chi connectivity index (χ2n) is 8.88. The molecular formula is C24H29BrN8O5S. The third kappa shape index (κ3) is 7.52. The summed E-state index contributed by atoms with van der Waals surface area (Å²) in [5.74, 6) is -0.125. The van der Waals surface area contributed by atoms with Crippen LogP contribution >= 0.6 is 15.9 Å². The van der Waals surface area contributed by atoms with Gasteiger partial charge in [0, 0.05) is 43.3 Å². The maximum absolute atomic E-state index is 12.7. The number of carbonyl (C=O) groups is 2. The van der Waals surface area contributed by atoms with Gasteiger partial charge in [0.15, 0.2) is 5.96 Å². The molecule has 2 aromatic heterocycles. The lowest BCUT2D eigenvalue weighted by Crippen LogP contribution is -2.45. The summed E-state index contributed by atoms with van der Waals surface area (Å²) >= 11 is 3.25. The van der Waals surface area contributed by atoms with Gasteiger partial charge in [0.2, 0.25) is 15.9 Å². The number of nitrogens with one attached hydrogen (secondary N) is 4. The number of hydrogen-bond donors (Lipinski definition) is 5. The minimum atomic E-state index is -4.07. The Kier molecular flexibility index (Phi) is 9.14. The fourth-order valence-electron chi connectivity index (χ4n) is 3.96. The molecule has 0 radical (unpaired) electrons. The zero-order valence-corrected chi connectivity index (χ0v) is 23.5. The highest BCUT2D eigenvalue weighted by Crippen LogP contribution is 2.22. The molecule has 1 atom stereocenters. The van der Waals surface area contributed by atoms with Gasteiger partial charge in [-0.3, -0.25) is 19.9 Å². The maximum Gasteiger partial charge on any atom is 0.323 e. The molecule has 0 spiro atoms. The van der Waals surface area contributed by atoms with Crippen LogP contribution in [0.1, 0.15) is 25.1 Å².